The Labute approximate surface area is 122 Å². The summed E-state index contributed by atoms with van der Waals surface area (Å²) in [6.45, 7) is 4.24. The maximum absolute atomic E-state index is 13.6. The number of imidazole rings is 1. The summed E-state index contributed by atoms with van der Waals surface area (Å²) in [6, 6.07) is 10.7. The zero-order valence-electron chi connectivity index (χ0n) is 11.9. The summed E-state index contributed by atoms with van der Waals surface area (Å²) in [4.78, 5) is 4.23. The summed E-state index contributed by atoms with van der Waals surface area (Å²) in [6.07, 6.45) is 0. The fourth-order valence-corrected chi connectivity index (χ4v) is 2.37. The van der Waals surface area contributed by atoms with Gasteiger partial charge in [-0.05, 0) is 37.6 Å². The van der Waals surface area contributed by atoms with E-state index in [-0.39, 0.29) is 5.82 Å². The van der Waals surface area contributed by atoms with E-state index >= 15 is 0 Å². The van der Waals surface area contributed by atoms with Crippen molar-refractivity contribution in [3.05, 3.63) is 47.8 Å². The molecule has 1 heterocycles. The molecule has 0 aliphatic rings. The number of rotatable bonds is 3. The Morgan fingerprint density at radius 1 is 1.29 bits per heavy atom. The summed E-state index contributed by atoms with van der Waals surface area (Å²) in [5, 5.41) is 0. The highest BCUT2D eigenvalue weighted by Crippen LogP contribution is 2.27. The van der Waals surface area contributed by atoms with Crippen molar-refractivity contribution in [2.45, 2.75) is 13.8 Å². The van der Waals surface area contributed by atoms with Crippen LogP contribution in [0.1, 0.15) is 12.5 Å². The van der Waals surface area contributed by atoms with Crippen LogP contribution in [0.15, 0.2) is 36.4 Å². The van der Waals surface area contributed by atoms with E-state index < -0.39 is 0 Å². The first-order valence-corrected chi connectivity index (χ1v) is 6.77. The van der Waals surface area contributed by atoms with Gasteiger partial charge in [0.05, 0.1) is 23.3 Å². The number of ether oxygens (including phenoxy) is 1. The minimum absolute atomic E-state index is 0.282. The second-order valence-corrected chi connectivity index (χ2v) is 4.83. The molecule has 108 valence electrons. The number of aromatic nitrogens is 2. The lowest BCUT2D eigenvalue weighted by Gasteiger charge is -2.09. The molecule has 2 N–H and O–H groups in total. The van der Waals surface area contributed by atoms with Gasteiger partial charge in [-0.25, -0.2) is 9.37 Å². The van der Waals surface area contributed by atoms with Crippen molar-refractivity contribution in [1.82, 2.24) is 9.55 Å². The van der Waals surface area contributed by atoms with Crippen molar-refractivity contribution in [1.29, 1.82) is 0 Å². The zero-order chi connectivity index (χ0) is 15.0. The minimum Gasteiger partial charge on any atom is -0.494 e. The van der Waals surface area contributed by atoms with E-state index in [9.17, 15) is 4.39 Å². The van der Waals surface area contributed by atoms with Crippen LogP contribution in [0.3, 0.4) is 0 Å². The Morgan fingerprint density at radius 3 is 2.86 bits per heavy atom. The molecule has 0 fully saturated rings. The molecule has 1 aromatic heterocycles. The van der Waals surface area contributed by atoms with Gasteiger partial charge in [-0.15, -0.1) is 0 Å². The molecule has 0 saturated heterocycles. The van der Waals surface area contributed by atoms with Gasteiger partial charge in [0.25, 0.3) is 0 Å². The summed E-state index contributed by atoms with van der Waals surface area (Å²) in [5.74, 6) is 0.800. The molecule has 0 atom stereocenters. The standard InChI is InChI=1S/C16H16FN3O/c1-3-21-12-6-4-5-11(8-12)20-15-7-10(2)13(17)9-14(15)19-16(20)18/h4-9H,3H2,1-2H3,(H2,18,19). The van der Waals surface area contributed by atoms with Gasteiger partial charge in [0.2, 0.25) is 5.95 Å². The van der Waals surface area contributed by atoms with Gasteiger partial charge in [0, 0.05) is 12.1 Å². The molecule has 0 aliphatic heterocycles. The second kappa shape index (κ2) is 5.09. The third-order valence-corrected chi connectivity index (χ3v) is 3.35. The van der Waals surface area contributed by atoms with Gasteiger partial charge in [-0.3, -0.25) is 4.57 Å². The largest absolute Gasteiger partial charge is 0.494 e. The predicted molar refractivity (Wildman–Crippen MR) is 81.3 cm³/mol. The van der Waals surface area contributed by atoms with Crippen LogP contribution < -0.4 is 10.5 Å². The van der Waals surface area contributed by atoms with Crippen LogP contribution >= 0.6 is 0 Å². The van der Waals surface area contributed by atoms with Crippen molar-refractivity contribution in [2.24, 2.45) is 0 Å². The number of hydrogen-bond donors (Lipinski definition) is 1. The van der Waals surface area contributed by atoms with E-state index in [1.54, 1.807) is 17.6 Å². The Morgan fingerprint density at radius 2 is 2.10 bits per heavy atom. The second-order valence-electron chi connectivity index (χ2n) is 4.83. The molecule has 3 rings (SSSR count). The highest BCUT2D eigenvalue weighted by Gasteiger charge is 2.13. The van der Waals surface area contributed by atoms with E-state index in [1.807, 2.05) is 31.2 Å². The van der Waals surface area contributed by atoms with E-state index in [1.165, 1.54) is 6.07 Å². The molecular weight excluding hydrogens is 269 g/mol. The number of nitrogen functional groups attached to an aromatic ring is 1. The number of anilines is 1. The predicted octanol–water partition coefficient (Wildman–Crippen LogP) is 3.45. The van der Waals surface area contributed by atoms with E-state index in [4.69, 9.17) is 10.5 Å². The molecule has 21 heavy (non-hydrogen) atoms. The van der Waals surface area contributed by atoms with Crippen LogP contribution in [0, 0.1) is 12.7 Å². The molecule has 0 aliphatic carbocycles. The van der Waals surface area contributed by atoms with Crippen molar-refractivity contribution in [2.75, 3.05) is 12.3 Å². The van der Waals surface area contributed by atoms with Crippen LogP contribution in [0.25, 0.3) is 16.7 Å². The van der Waals surface area contributed by atoms with Crippen LogP contribution in [0.4, 0.5) is 10.3 Å². The number of fused-ring (bicyclic) bond motifs is 1. The molecule has 0 spiro atoms. The van der Waals surface area contributed by atoms with E-state index in [0.717, 1.165) is 17.0 Å². The molecule has 3 aromatic rings. The number of hydrogen-bond acceptors (Lipinski definition) is 3. The van der Waals surface area contributed by atoms with Gasteiger partial charge in [-0.2, -0.15) is 0 Å². The number of benzene rings is 2. The molecular formula is C16H16FN3O. The molecule has 2 aromatic carbocycles. The molecule has 0 saturated carbocycles. The normalized spacial score (nSPS) is 11.0. The lowest BCUT2D eigenvalue weighted by molar-refractivity contribution is 0.340. The van der Waals surface area contributed by atoms with E-state index in [2.05, 4.69) is 4.98 Å². The van der Waals surface area contributed by atoms with Crippen molar-refractivity contribution in [3.63, 3.8) is 0 Å². The Balaban J connectivity index is 2.22. The number of aryl methyl sites for hydroxylation is 1. The Hall–Kier alpha value is -2.56. The van der Waals surface area contributed by atoms with Crippen molar-refractivity contribution in [3.8, 4) is 11.4 Å². The van der Waals surface area contributed by atoms with Crippen LogP contribution in [0.5, 0.6) is 5.75 Å². The third kappa shape index (κ3) is 2.31. The summed E-state index contributed by atoms with van der Waals surface area (Å²) < 4.78 is 20.9. The maximum atomic E-state index is 13.6. The zero-order valence-corrected chi connectivity index (χ0v) is 11.9. The van der Waals surface area contributed by atoms with Gasteiger partial charge in [0.1, 0.15) is 11.6 Å². The summed E-state index contributed by atoms with van der Waals surface area (Å²) >= 11 is 0. The van der Waals surface area contributed by atoms with Gasteiger partial charge in [-0.1, -0.05) is 6.07 Å². The van der Waals surface area contributed by atoms with Crippen LogP contribution in [0.2, 0.25) is 0 Å². The smallest absolute Gasteiger partial charge is 0.205 e. The minimum atomic E-state index is -0.282. The Bertz CT molecular complexity index is 811. The monoisotopic (exact) mass is 285 g/mol. The average Bonchev–Trinajstić information content (AvgIpc) is 2.75. The first-order valence-electron chi connectivity index (χ1n) is 6.77. The lowest BCUT2D eigenvalue weighted by atomic mass is 10.2. The highest BCUT2D eigenvalue weighted by atomic mass is 19.1. The van der Waals surface area contributed by atoms with Gasteiger partial charge in [0.15, 0.2) is 0 Å². The first-order chi connectivity index (χ1) is 10.1. The molecule has 4 nitrogen and oxygen atoms in total. The van der Waals surface area contributed by atoms with E-state index in [0.29, 0.717) is 23.6 Å². The molecule has 0 radical (unpaired) electrons. The molecule has 0 amide bonds. The highest BCUT2D eigenvalue weighted by molar-refractivity contribution is 5.81. The fraction of sp³-hybridized carbons (Fsp3) is 0.188. The SMILES string of the molecule is CCOc1cccc(-n2c(N)nc3cc(F)c(C)cc32)c1. The van der Waals surface area contributed by atoms with Crippen molar-refractivity contribution < 1.29 is 9.13 Å². The first kappa shape index (κ1) is 13.4. The summed E-state index contributed by atoms with van der Waals surface area (Å²) in [7, 11) is 0. The van der Waals surface area contributed by atoms with Gasteiger partial charge >= 0.3 is 0 Å². The van der Waals surface area contributed by atoms with Gasteiger partial charge < -0.3 is 10.5 Å². The number of nitrogens with zero attached hydrogens (tertiary/aromatic N) is 2. The van der Waals surface area contributed by atoms with Crippen molar-refractivity contribution >= 4 is 17.0 Å². The lowest BCUT2D eigenvalue weighted by Crippen LogP contribution is -2.01. The molecule has 0 unspecified atom stereocenters. The fourth-order valence-electron chi connectivity index (χ4n) is 2.37. The Kier molecular flexibility index (Phi) is 3.25. The topological polar surface area (TPSA) is 53.1 Å². The molecule has 5 heteroatoms. The average molecular weight is 285 g/mol. The summed E-state index contributed by atoms with van der Waals surface area (Å²) in [5.41, 5.74) is 8.71. The van der Waals surface area contributed by atoms with Crippen LogP contribution in [-0.2, 0) is 0 Å². The molecule has 0 bridgehead atoms. The number of halogens is 1. The third-order valence-electron chi connectivity index (χ3n) is 3.35. The quantitative estimate of drug-likeness (QED) is 0.802. The van der Waals surface area contributed by atoms with Crippen LogP contribution in [-0.4, -0.2) is 16.2 Å². The maximum Gasteiger partial charge on any atom is 0.205 e. The number of nitrogens with two attached hydrogens (primary N) is 1.